The van der Waals surface area contributed by atoms with Gasteiger partial charge >= 0.3 is 6.61 Å². The number of halogens is 2. The van der Waals surface area contributed by atoms with Gasteiger partial charge in [-0.1, -0.05) is 6.07 Å². The van der Waals surface area contributed by atoms with E-state index in [0.29, 0.717) is 5.58 Å². The Balaban J connectivity index is 2.40. The third-order valence-corrected chi connectivity index (χ3v) is 2.00. The van der Waals surface area contributed by atoms with Crippen LogP contribution in [-0.4, -0.2) is 24.9 Å². The molecule has 0 aliphatic carbocycles. The molecule has 0 aliphatic rings. The van der Waals surface area contributed by atoms with Gasteiger partial charge in [-0.3, -0.25) is 0 Å². The molecule has 0 radical (unpaired) electrons. The highest BCUT2D eigenvalue weighted by atomic mass is 19.3. The number of fused-ring (bicyclic) bond motifs is 1. The van der Waals surface area contributed by atoms with E-state index >= 15 is 0 Å². The molecule has 92 valence electrons. The molecular weight excluding hydrogens is 234 g/mol. The van der Waals surface area contributed by atoms with E-state index in [1.807, 2.05) is 0 Å². The number of ether oxygens (including phenoxy) is 2. The van der Waals surface area contributed by atoms with Gasteiger partial charge in [0.05, 0.1) is 0 Å². The van der Waals surface area contributed by atoms with Crippen LogP contribution >= 0.6 is 0 Å². The molecule has 2 N–H and O–H groups in total. The minimum absolute atomic E-state index is 0.0363. The lowest BCUT2D eigenvalue weighted by molar-refractivity contribution is -0.0488. The van der Waals surface area contributed by atoms with E-state index in [4.69, 9.17) is 15.0 Å². The van der Waals surface area contributed by atoms with E-state index in [0.717, 1.165) is 0 Å². The lowest BCUT2D eigenvalue weighted by Crippen LogP contribution is -2.11. The zero-order chi connectivity index (χ0) is 12.3. The maximum absolute atomic E-state index is 12.2. The van der Waals surface area contributed by atoms with Gasteiger partial charge in [-0.05, 0) is 17.3 Å². The molecule has 2 aromatic rings. The van der Waals surface area contributed by atoms with E-state index in [9.17, 15) is 8.78 Å². The lowest BCUT2D eigenvalue weighted by atomic mass is 10.2. The highest BCUT2D eigenvalue weighted by molar-refractivity contribution is 5.88. The van der Waals surface area contributed by atoms with Gasteiger partial charge in [0.25, 0.3) is 5.88 Å². The number of rotatable bonds is 5. The first-order valence-electron chi connectivity index (χ1n) is 4.88. The van der Waals surface area contributed by atoms with E-state index < -0.39 is 6.61 Å². The van der Waals surface area contributed by atoms with Crippen molar-refractivity contribution in [2.75, 3.05) is 13.2 Å². The predicted octanol–water partition coefficient (Wildman–Crippen LogP) is 1.77. The molecule has 0 spiro atoms. The zero-order valence-electron chi connectivity index (χ0n) is 8.73. The minimum Gasteiger partial charge on any atom is -0.474 e. The molecular formula is C10H10F2N2O3. The quantitative estimate of drug-likeness (QED) is 0.867. The SMILES string of the molecule is NCCOc1noc2cccc(OC(F)F)c12. The van der Waals surface area contributed by atoms with Crippen molar-refractivity contribution in [2.45, 2.75) is 6.61 Å². The van der Waals surface area contributed by atoms with Crippen molar-refractivity contribution in [3.05, 3.63) is 18.2 Å². The Bertz CT molecular complexity index is 501. The van der Waals surface area contributed by atoms with Gasteiger partial charge in [-0.15, -0.1) is 0 Å². The third kappa shape index (κ3) is 2.44. The first-order chi connectivity index (χ1) is 8.22. The van der Waals surface area contributed by atoms with E-state index in [-0.39, 0.29) is 30.2 Å². The highest BCUT2D eigenvalue weighted by Crippen LogP contribution is 2.34. The Labute approximate surface area is 95.1 Å². The third-order valence-electron chi connectivity index (χ3n) is 2.00. The van der Waals surface area contributed by atoms with Crippen LogP contribution in [0.3, 0.4) is 0 Å². The summed E-state index contributed by atoms with van der Waals surface area (Å²) in [6.07, 6.45) is 0. The van der Waals surface area contributed by atoms with Crippen LogP contribution in [0.15, 0.2) is 22.7 Å². The first kappa shape index (κ1) is 11.6. The van der Waals surface area contributed by atoms with Crippen LogP contribution < -0.4 is 15.2 Å². The number of hydrogen-bond acceptors (Lipinski definition) is 5. The number of nitrogens with two attached hydrogens (primary N) is 1. The Morgan fingerprint density at radius 1 is 1.41 bits per heavy atom. The van der Waals surface area contributed by atoms with Gasteiger partial charge in [-0.25, -0.2) is 0 Å². The van der Waals surface area contributed by atoms with Crippen molar-refractivity contribution in [1.29, 1.82) is 0 Å². The molecule has 0 atom stereocenters. The molecule has 0 amide bonds. The average molecular weight is 244 g/mol. The molecule has 5 nitrogen and oxygen atoms in total. The van der Waals surface area contributed by atoms with Gasteiger partial charge in [0.15, 0.2) is 5.58 Å². The lowest BCUT2D eigenvalue weighted by Gasteiger charge is -2.06. The van der Waals surface area contributed by atoms with Crippen LogP contribution in [0.4, 0.5) is 8.78 Å². The maximum Gasteiger partial charge on any atom is 0.387 e. The van der Waals surface area contributed by atoms with Crippen LogP contribution in [0.2, 0.25) is 0 Å². The van der Waals surface area contributed by atoms with Crippen LogP contribution in [0.5, 0.6) is 11.6 Å². The summed E-state index contributed by atoms with van der Waals surface area (Å²) in [5.41, 5.74) is 5.59. The molecule has 1 heterocycles. The van der Waals surface area contributed by atoms with Crippen molar-refractivity contribution in [1.82, 2.24) is 5.16 Å². The highest BCUT2D eigenvalue weighted by Gasteiger charge is 2.17. The van der Waals surface area contributed by atoms with Crippen LogP contribution in [0.1, 0.15) is 0 Å². The smallest absolute Gasteiger partial charge is 0.387 e. The molecule has 0 bridgehead atoms. The van der Waals surface area contributed by atoms with Gasteiger partial charge in [0, 0.05) is 6.54 Å². The number of hydrogen-bond donors (Lipinski definition) is 1. The summed E-state index contributed by atoms with van der Waals surface area (Å²) in [5, 5.41) is 3.90. The van der Waals surface area contributed by atoms with E-state index in [2.05, 4.69) is 9.89 Å². The molecule has 0 unspecified atom stereocenters. The fourth-order valence-electron chi connectivity index (χ4n) is 1.38. The molecule has 1 aromatic carbocycles. The average Bonchev–Trinajstić information content (AvgIpc) is 2.70. The molecule has 0 fully saturated rings. The fourth-order valence-corrected chi connectivity index (χ4v) is 1.38. The second-order valence-electron chi connectivity index (χ2n) is 3.13. The summed E-state index contributed by atoms with van der Waals surface area (Å²) in [4.78, 5) is 0. The van der Waals surface area contributed by atoms with Crippen LogP contribution in [0.25, 0.3) is 11.0 Å². The van der Waals surface area contributed by atoms with Crippen molar-refractivity contribution >= 4 is 11.0 Å². The van der Waals surface area contributed by atoms with Crippen molar-refractivity contribution in [2.24, 2.45) is 5.73 Å². The number of alkyl halides is 2. The molecule has 1 aromatic heterocycles. The number of aromatic nitrogens is 1. The minimum atomic E-state index is -2.92. The Morgan fingerprint density at radius 3 is 2.94 bits per heavy atom. The Hall–Kier alpha value is -1.89. The molecule has 7 heteroatoms. The molecule has 0 saturated heterocycles. The van der Waals surface area contributed by atoms with Gasteiger partial charge in [0.1, 0.15) is 17.7 Å². The van der Waals surface area contributed by atoms with Gasteiger partial charge < -0.3 is 19.7 Å². The molecule has 17 heavy (non-hydrogen) atoms. The van der Waals surface area contributed by atoms with Crippen molar-refractivity contribution in [3.63, 3.8) is 0 Å². The Morgan fingerprint density at radius 2 is 2.24 bits per heavy atom. The van der Waals surface area contributed by atoms with E-state index in [1.54, 1.807) is 6.07 Å². The molecule has 0 saturated carbocycles. The largest absolute Gasteiger partial charge is 0.474 e. The maximum atomic E-state index is 12.2. The summed E-state index contributed by atoms with van der Waals surface area (Å²) < 4.78 is 38.9. The zero-order valence-corrected chi connectivity index (χ0v) is 8.73. The topological polar surface area (TPSA) is 70.5 Å². The summed E-state index contributed by atoms with van der Waals surface area (Å²) in [7, 11) is 0. The molecule has 0 aliphatic heterocycles. The second kappa shape index (κ2) is 4.96. The van der Waals surface area contributed by atoms with Gasteiger partial charge in [0.2, 0.25) is 0 Å². The van der Waals surface area contributed by atoms with Crippen molar-refractivity contribution < 1.29 is 22.8 Å². The number of benzene rings is 1. The standard InChI is InChI=1S/C10H10F2N2O3/c11-10(12)16-6-2-1-3-7-8(6)9(14-17-7)15-5-4-13/h1-3,10H,4-5,13H2. The summed E-state index contributed by atoms with van der Waals surface area (Å²) >= 11 is 0. The van der Waals surface area contributed by atoms with Crippen LogP contribution in [0, 0.1) is 0 Å². The second-order valence-corrected chi connectivity index (χ2v) is 3.13. The summed E-state index contributed by atoms with van der Waals surface area (Å²) in [6.45, 7) is -2.42. The normalized spacial score (nSPS) is 11.1. The fraction of sp³-hybridized carbons (Fsp3) is 0.300. The van der Waals surface area contributed by atoms with Crippen molar-refractivity contribution in [3.8, 4) is 11.6 Å². The summed E-state index contributed by atoms with van der Waals surface area (Å²) in [6, 6.07) is 4.49. The predicted molar refractivity (Wildman–Crippen MR) is 55.2 cm³/mol. The Kier molecular flexibility index (Phi) is 3.38. The molecule has 2 rings (SSSR count). The van der Waals surface area contributed by atoms with E-state index in [1.165, 1.54) is 12.1 Å². The monoisotopic (exact) mass is 244 g/mol. The summed E-state index contributed by atoms with van der Waals surface area (Å²) in [5.74, 6) is 0.0625. The number of nitrogens with zero attached hydrogens (tertiary/aromatic N) is 1. The van der Waals surface area contributed by atoms with Gasteiger partial charge in [-0.2, -0.15) is 8.78 Å². The van der Waals surface area contributed by atoms with Crippen LogP contribution in [-0.2, 0) is 0 Å². The first-order valence-corrected chi connectivity index (χ1v) is 4.88.